The van der Waals surface area contributed by atoms with Gasteiger partial charge in [-0.15, -0.1) is 0 Å². The van der Waals surface area contributed by atoms with E-state index in [0.717, 1.165) is 5.56 Å². The van der Waals surface area contributed by atoms with Gasteiger partial charge in [-0.1, -0.05) is 56.0 Å². The van der Waals surface area contributed by atoms with Crippen LogP contribution in [-0.2, 0) is 19.1 Å². The van der Waals surface area contributed by atoms with E-state index in [-0.39, 0.29) is 12.1 Å². The van der Waals surface area contributed by atoms with Gasteiger partial charge in [-0.25, -0.2) is 0 Å². The van der Waals surface area contributed by atoms with Crippen molar-refractivity contribution in [2.45, 2.75) is 26.1 Å². The molecule has 0 amide bonds. The molecule has 0 saturated carbocycles. The van der Waals surface area contributed by atoms with Crippen LogP contribution in [-0.4, -0.2) is 0 Å². The molecule has 1 N–H and O–H groups in total. The van der Waals surface area contributed by atoms with Crippen molar-refractivity contribution in [1.82, 2.24) is 5.32 Å². The monoisotopic (exact) mass is 305 g/mol. The van der Waals surface area contributed by atoms with E-state index in [9.17, 15) is 13.2 Å². The van der Waals surface area contributed by atoms with Crippen LogP contribution in [0.1, 0.15) is 29.2 Å². The summed E-state index contributed by atoms with van der Waals surface area (Å²) in [7, 11) is 0. The molecule has 0 bridgehead atoms. The maximum atomic E-state index is 13.2. The third kappa shape index (κ3) is 3.91. The molecule has 0 heterocycles. The topological polar surface area (TPSA) is 12.0 Å². The Balaban J connectivity index is 2.18. The molecule has 0 unspecified atom stereocenters. The zero-order valence-electron chi connectivity index (χ0n) is 12.4. The number of hydrogen-bond acceptors (Lipinski definition) is 1. The van der Waals surface area contributed by atoms with E-state index in [4.69, 9.17) is 0 Å². The standard InChI is InChI=1S/C18H18F3N/c1-3-14-9-10-16(17(11-14)18(19,20)21)12-22-13(2)15-7-5-4-6-8-15/h4-11,22H,2-3,12H2,1H3. The summed E-state index contributed by atoms with van der Waals surface area (Å²) in [5, 5.41) is 2.97. The second-order valence-electron chi connectivity index (χ2n) is 5.04. The Bertz CT molecular complexity index is 645. The van der Waals surface area contributed by atoms with Crippen molar-refractivity contribution in [2.24, 2.45) is 0 Å². The molecular formula is C18H18F3N. The van der Waals surface area contributed by atoms with Crippen LogP contribution in [0.5, 0.6) is 0 Å². The summed E-state index contributed by atoms with van der Waals surface area (Å²) < 4.78 is 39.5. The molecule has 0 atom stereocenters. The van der Waals surface area contributed by atoms with E-state index < -0.39 is 11.7 Å². The Morgan fingerprint density at radius 2 is 1.77 bits per heavy atom. The van der Waals surface area contributed by atoms with Crippen molar-refractivity contribution in [1.29, 1.82) is 0 Å². The third-order valence-corrected chi connectivity index (χ3v) is 3.50. The second kappa shape index (κ2) is 6.69. The first-order valence-electron chi connectivity index (χ1n) is 7.09. The van der Waals surface area contributed by atoms with E-state index in [1.54, 1.807) is 6.07 Å². The Labute approximate surface area is 128 Å². The summed E-state index contributed by atoms with van der Waals surface area (Å²) in [6.07, 6.45) is -3.77. The van der Waals surface area contributed by atoms with Gasteiger partial charge in [0.15, 0.2) is 0 Å². The van der Waals surface area contributed by atoms with Crippen LogP contribution in [0.4, 0.5) is 13.2 Å². The fraction of sp³-hybridized carbons (Fsp3) is 0.222. The molecule has 22 heavy (non-hydrogen) atoms. The highest BCUT2D eigenvalue weighted by molar-refractivity contribution is 5.61. The molecule has 0 saturated heterocycles. The van der Waals surface area contributed by atoms with Crippen LogP contribution in [0.15, 0.2) is 55.1 Å². The second-order valence-corrected chi connectivity index (χ2v) is 5.04. The number of aryl methyl sites for hydroxylation is 1. The quantitative estimate of drug-likeness (QED) is 0.817. The highest BCUT2D eigenvalue weighted by Crippen LogP contribution is 2.33. The van der Waals surface area contributed by atoms with Gasteiger partial charge >= 0.3 is 6.18 Å². The molecule has 2 aromatic rings. The first-order valence-corrected chi connectivity index (χ1v) is 7.09. The van der Waals surface area contributed by atoms with Crippen LogP contribution in [0.25, 0.3) is 5.70 Å². The molecule has 4 heteroatoms. The van der Waals surface area contributed by atoms with Crippen molar-refractivity contribution in [2.75, 3.05) is 0 Å². The maximum Gasteiger partial charge on any atom is 0.416 e. The van der Waals surface area contributed by atoms with E-state index in [2.05, 4.69) is 11.9 Å². The lowest BCUT2D eigenvalue weighted by Crippen LogP contribution is -2.16. The van der Waals surface area contributed by atoms with Crippen LogP contribution >= 0.6 is 0 Å². The Hall–Kier alpha value is -2.23. The average molecular weight is 305 g/mol. The molecule has 0 aliphatic heterocycles. The lowest BCUT2D eigenvalue weighted by molar-refractivity contribution is -0.138. The Kier molecular flexibility index (Phi) is 4.91. The van der Waals surface area contributed by atoms with Crippen molar-refractivity contribution in [3.05, 3.63) is 77.4 Å². The summed E-state index contributed by atoms with van der Waals surface area (Å²) in [4.78, 5) is 0. The fourth-order valence-electron chi connectivity index (χ4n) is 2.20. The summed E-state index contributed by atoms with van der Waals surface area (Å²) in [6.45, 7) is 5.80. The molecule has 0 radical (unpaired) electrons. The molecule has 116 valence electrons. The van der Waals surface area contributed by atoms with Gasteiger partial charge < -0.3 is 5.32 Å². The molecule has 1 nitrogen and oxygen atoms in total. The molecule has 2 aromatic carbocycles. The van der Waals surface area contributed by atoms with E-state index >= 15 is 0 Å². The average Bonchev–Trinajstić information content (AvgIpc) is 2.52. The summed E-state index contributed by atoms with van der Waals surface area (Å²) >= 11 is 0. The molecule has 0 fully saturated rings. The van der Waals surface area contributed by atoms with Gasteiger partial charge in [0.05, 0.1) is 5.56 Å². The summed E-state index contributed by atoms with van der Waals surface area (Å²) in [6, 6.07) is 13.8. The normalized spacial score (nSPS) is 11.3. The Morgan fingerprint density at radius 1 is 1.09 bits per heavy atom. The SMILES string of the molecule is C=C(NCc1ccc(CC)cc1C(F)(F)F)c1ccccc1. The molecule has 0 spiro atoms. The predicted molar refractivity (Wildman–Crippen MR) is 83.1 cm³/mol. The predicted octanol–water partition coefficient (Wildman–Crippen LogP) is 5.03. The van der Waals surface area contributed by atoms with Crippen molar-refractivity contribution >= 4 is 5.70 Å². The number of alkyl halides is 3. The fourth-order valence-corrected chi connectivity index (χ4v) is 2.20. The highest BCUT2D eigenvalue weighted by Gasteiger charge is 2.33. The van der Waals surface area contributed by atoms with Crippen molar-refractivity contribution in [3.63, 3.8) is 0 Å². The van der Waals surface area contributed by atoms with Gasteiger partial charge in [0.1, 0.15) is 0 Å². The van der Waals surface area contributed by atoms with Gasteiger partial charge in [0.25, 0.3) is 0 Å². The van der Waals surface area contributed by atoms with E-state index in [1.807, 2.05) is 37.3 Å². The van der Waals surface area contributed by atoms with Gasteiger partial charge in [0.2, 0.25) is 0 Å². The minimum absolute atomic E-state index is 0.0898. The van der Waals surface area contributed by atoms with Crippen LogP contribution in [0, 0.1) is 0 Å². The Morgan fingerprint density at radius 3 is 2.36 bits per heavy atom. The number of halogens is 3. The smallest absolute Gasteiger partial charge is 0.381 e. The molecular weight excluding hydrogens is 287 g/mol. The van der Waals surface area contributed by atoms with Crippen LogP contribution in [0.2, 0.25) is 0 Å². The van der Waals surface area contributed by atoms with E-state index in [1.165, 1.54) is 12.1 Å². The number of rotatable bonds is 5. The van der Waals surface area contributed by atoms with Crippen LogP contribution < -0.4 is 5.32 Å². The first-order chi connectivity index (χ1) is 10.4. The minimum atomic E-state index is -4.35. The summed E-state index contributed by atoms with van der Waals surface area (Å²) in [5.74, 6) is 0. The highest BCUT2D eigenvalue weighted by atomic mass is 19.4. The van der Waals surface area contributed by atoms with Crippen LogP contribution in [0.3, 0.4) is 0 Å². The molecule has 0 aliphatic rings. The number of nitrogens with one attached hydrogen (secondary N) is 1. The van der Waals surface area contributed by atoms with Gasteiger partial charge in [-0.2, -0.15) is 13.2 Å². The largest absolute Gasteiger partial charge is 0.416 e. The molecule has 0 aromatic heterocycles. The minimum Gasteiger partial charge on any atom is -0.381 e. The van der Waals surface area contributed by atoms with Gasteiger partial charge in [-0.05, 0) is 29.2 Å². The number of benzene rings is 2. The van der Waals surface area contributed by atoms with Gasteiger partial charge in [0, 0.05) is 12.2 Å². The maximum absolute atomic E-state index is 13.2. The van der Waals surface area contributed by atoms with Crippen molar-refractivity contribution in [3.8, 4) is 0 Å². The number of hydrogen-bond donors (Lipinski definition) is 1. The van der Waals surface area contributed by atoms with Gasteiger partial charge in [-0.3, -0.25) is 0 Å². The first kappa shape index (κ1) is 16.1. The zero-order valence-corrected chi connectivity index (χ0v) is 12.4. The third-order valence-electron chi connectivity index (χ3n) is 3.50. The zero-order chi connectivity index (χ0) is 16.2. The van der Waals surface area contributed by atoms with Crippen molar-refractivity contribution < 1.29 is 13.2 Å². The summed E-state index contributed by atoms with van der Waals surface area (Å²) in [5.41, 5.74) is 1.79. The lowest BCUT2D eigenvalue weighted by Gasteiger charge is -2.16. The van der Waals surface area contributed by atoms with E-state index in [0.29, 0.717) is 17.7 Å². The molecule has 0 aliphatic carbocycles. The molecule has 2 rings (SSSR count). The lowest BCUT2D eigenvalue weighted by atomic mass is 10.0.